The van der Waals surface area contributed by atoms with Crippen molar-refractivity contribution >= 4 is 23.5 Å². The molecule has 1 N–H and O–H groups in total. The molecule has 0 bridgehead atoms. The predicted molar refractivity (Wildman–Crippen MR) is 135 cm³/mol. The van der Waals surface area contributed by atoms with E-state index in [0.717, 1.165) is 66.9 Å². The van der Waals surface area contributed by atoms with E-state index in [0.29, 0.717) is 6.54 Å². The number of aryl methyl sites for hydroxylation is 1. The number of benzene rings is 1. The lowest BCUT2D eigenvalue weighted by atomic mass is 9.94. The van der Waals surface area contributed by atoms with Crippen molar-refractivity contribution in [2.75, 3.05) is 36.4 Å². The lowest BCUT2D eigenvalue weighted by Gasteiger charge is -2.33. The number of nitrogens with zero attached hydrogens (tertiary/aromatic N) is 5. The number of carbonyl (C=O) groups excluding carboxylic acids is 1. The number of rotatable bonds is 5. The Balaban J connectivity index is 1.42. The molecule has 2 fully saturated rings. The summed E-state index contributed by atoms with van der Waals surface area (Å²) >= 11 is 0. The van der Waals surface area contributed by atoms with Crippen LogP contribution in [0.25, 0.3) is 0 Å². The smallest absolute Gasteiger partial charge is 0.253 e. The molecule has 4 heterocycles. The van der Waals surface area contributed by atoms with Crippen molar-refractivity contribution in [1.82, 2.24) is 19.9 Å². The number of pyridine rings is 1. The fourth-order valence-corrected chi connectivity index (χ4v) is 4.86. The lowest BCUT2D eigenvalue weighted by Crippen LogP contribution is -2.39. The minimum atomic E-state index is 0.0953. The molecule has 3 aromatic rings. The summed E-state index contributed by atoms with van der Waals surface area (Å²) in [5.41, 5.74) is 2.88. The molecule has 2 saturated heterocycles. The average molecular weight is 457 g/mol. The molecule has 2 aliphatic heterocycles. The van der Waals surface area contributed by atoms with Gasteiger partial charge in [0.25, 0.3) is 5.91 Å². The van der Waals surface area contributed by atoms with Crippen LogP contribution < -0.4 is 10.2 Å². The van der Waals surface area contributed by atoms with Crippen LogP contribution >= 0.6 is 0 Å². The Morgan fingerprint density at radius 3 is 2.56 bits per heavy atom. The quantitative estimate of drug-likeness (QED) is 0.587. The van der Waals surface area contributed by atoms with Crippen molar-refractivity contribution in [3.8, 4) is 0 Å². The highest BCUT2D eigenvalue weighted by molar-refractivity contribution is 5.94. The molecule has 1 atom stereocenters. The zero-order chi connectivity index (χ0) is 23.3. The summed E-state index contributed by atoms with van der Waals surface area (Å²) in [6, 6.07) is 15.6. The summed E-state index contributed by atoms with van der Waals surface area (Å²) in [7, 11) is 0. The first kappa shape index (κ1) is 22.3. The molecule has 1 unspecified atom stereocenters. The highest BCUT2D eigenvalue weighted by Crippen LogP contribution is 2.30. The molecule has 0 aliphatic carbocycles. The number of aromatic nitrogens is 3. The molecular weight excluding hydrogens is 424 g/mol. The van der Waals surface area contributed by atoms with Gasteiger partial charge >= 0.3 is 0 Å². The van der Waals surface area contributed by atoms with E-state index in [2.05, 4.69) is 22.1 Å². The van der Waals surface area contributed by atoms with Gasteiger partial charge in [-0.15, -0.1) is 0 Å². The molecule has 1 aromatic carbocycles. The van der Waals surface area contributed by atoms with Crippen molar-refractivity contribution < 1.29 is 4.79 Å². The van der Waals surface area contributed by atoms with Gasteiger partial charge in [-0.05, 0) is 68.9 Å². The Hall–Kier alpha value is -3.48. The van der Waals surface area contributed by atoms with Crippen molar-refractivity contribution in [3.63, 3.8) is 0 Å². The molecule has 0 radical (unpaired) electrons. The minimum Gasteiger partial charge on any atom is -0.341 e. The molecule has 176 valence electrons. The van der Waals surface area contributed by atoms with Crippen molar-refractivity contribution in [1.29, 1.82) is 0 Å². The van der Waals surface area contributed by atoms with Gasteiger partial charge in [-0.1, -0.05) is 18.2 Å². The Morgan fingerprint density at radius 1 is 0.941 bits per heavy atom. The second-order valence-electron chi connectivity index (χ2n) is 9.33. The third-order valence-corrected chi connectivity index (χ3v) is 6.69. The molecule has 2 aliphatic rings. The van der Waals surface area contributed by atoms with Crippen LogP contribution in [0.2, 0.25) is 0 Å². The molecule has 5 rings (SSSR count). The van der Waals surface area contributed by atoms with Crippen molar-refractivity contribution in [2.45, 2.75) is 44.9 Å². The number of carbonyl (C=O) groups is 1. The lowest BCUT2D eigenvalue weighted by molar-refractivity contribution is 0.0706. The number of nitrogens with one attached hydrogen (secondary N) is 1. The van der Waals surface area contributed by atoms with Gasteiger partial charge in [-0.3, -0.25) is 4.79 Å². The summed E-state index contributed by atoms with van der Waals surface area (Å²) in [4.78, 5) is 31.7. The van der Waals surface area contributed by atoms with Crippen LogP contribution in [0.1, 0.15) is 59.6 Å². The van der Waals surface area contributed by atoms with Crippen LogP contribution in [0.5, 0.6) is 0 Å². The third kappa shape index (κ3) is 5.19. The molecular formula is C27H32N6O. The maximum absolute atomic E-state index is 13.1. The summed E-state index contributed by atoms with van der Waals surface area (Å²) in [6.45, 7) is 5.47. The average Bonchev–Trinajstić information content (AvgIpc) is 2.89. The standard InChI is InChI=1S/C27H32N6O/c1-20-12-13-28-24(17-20)30-25-18-23(29-27(31-25)32-14-6-3-7-15-32)22-11-8-16-33(19-22)26(34)21-9-4-2-5-10-21/h2,4-5,9-10,12-13,17-18,22H,3,6-8,11,14-16,19H2,1H3,(H,28,29,30,31). The second-order valence-corrected chi connectivity index (χ2v) is 9.33. The minimum absolute atomic E-state index is 0.0953. The van der Waals surface area contributed by atoms with Gasteiger partial charge in [0.05, 0.1) is 5.69 Å². The normalized spacial score (nSPS) is 18.6. The maximum Gasteiger partial charge on any atom is 0.253 e. The molecule has 0 spiro atoms. The summed E-state index contributed by atoms with van der Waals surface area (Å²) < 4.78 is 0. The van der Waals surface area contributed by atoms with Crippen molar-refractivity contribution in [2.24, 2.45) is 0 Å². The first-order valence-electron chi connectivity index (χ1n) is 12.3. The van der Waals surface area contributed by atoms with Crippen LogP contribution in [0, 0.1) is 6.92 Å². The van der Waals surface area contributed by atoms with Crippen LogP contribution in [0.3, 0.4) is 0 Å². The molecule has 7 nitrogen and oxygen atoms in total. The molecule has 1 amide bonds. The predicted octanol–water partition coefficient (Wildman–Crippen LogP) is 4.93. The zero-order valence-electron chi connectivity index (χ0n) is 19.8. The monoisotopic (exact) mass is 456 g/mol. The first-order chi connectivity index (χ1) is 16.7. The third-order valence-electron chi connectivity index (χ3n) is 6.69. The van der Waals surface area contributed by atoms with Crippen LogP contribution in [0.4, 0.5) is 17.6 Å². The van der Waals surface area contributed by atoms with Gasteiger partial charge in [-0.25, -0.2) is 9.97 Å². The Labute approximate surface area is 201 Å². The van der Waals surface area contributed by atoms with Gasteiger partial charge in [0.1, 0.15) is 11.6 Å². The van der Waals surface area contributed by atoms with E-state index < -0.39 is 0 Å². The van der Waals surface area contributed by atoms with E-state index in [4.69, 9.17) is 9.97 Å². The number of amides is 1. The van der Waals surface area contributed by atoms with Crippen LogP contribution in [0.15, 0.2) is 54.7 Å². The van der Waals surface area contributed by atoms with E-state index in [-0.39, 0.29) is 11.8 Å². The van der Waals surface area contributed by atoms with Gasteiger partial charge in [0, 0.05) is 49.9 Å². The fraction of sp³-hybridized carbons (Fsp3) is 0.407. The number of likely N-dealkylation sites (tertiary alicyclic amines) is 1. The number of hydrogen-bond donors (Lipinski definition) is 1. The Morgan fingerprint density at radius 2 is 1.76 bits per heavy atom. The van der Waals surface area contributed by atoms with E-state index in [1.165, 1.54) is 19.3 Å². The molecule has 34 heavy (non-hydrogen) atoms. The highest BCUT2D eigenvalue weighted by Gasteiger charge is 2.28. The molecule has 2 aromatic heterocycles. The van der Waals surface area contributed by atoms with Gasteiger partial charge in [-0.2, -0.15) is 4.98 Å². The topological polar surface area (TPSA) is 74.2 Å². The zero-order valence-corrected chi connectivity index (χ0v) is 19.8. The fourth-order valence-electron chi connectivity index (χ4n) is 4.86. The SMILES string of the molecule is Cc1ccnc(Nc2cc(C3CCCN(C(=O)c4ccccc4)C3)nc(N3CCCCC3)n2)c1. The summed E-state index contributed by atoms with van der Waals surface area (Å²) in [5, 5.41) is 3.39. The second kappa shape index (κ2) is 10.2. The van der Waals surface area contributed by atoms with Gasteiger partial charge < -0.3 is 15.1 Å². The summed E-state index contributed by atoms with van der Waals surface area (Å²) in [6.07, 6.45) is 7.37. The first-order valence-corrected chi connectivity index (χ1v) is 12.3. The van der Waals surface area contributed by atoms with E-state index >= 15 is 0 Å². The molecule has 0 saturated carbocycles. The van der Waals surface area contributed by atoms with E-state index in [1.807, 2.05) is 53.4 Å². The number of piperidine rings is 2. The Kier molecular flexibility index (Phi) is 6.70. The molecule has 7 heteroatoms. The largest absolute Gasteiger partial charge is 0.341 e. The summed E-state index contributed by atoms with van der Waals surface area (Å²) in [5.74, 6) is 2.59. The van der Waals surface area contributed by atoms with E-state index in [9.17, 15) is 4.79 Å². The van der Waals surface area contributed by atoms with Crippen LogP contribution in [-0.4, -0.2) is 51.9 Å². The maximum atomic E-state index is 13.1. The van der Waals surface area contributed by atoms with Crippen LogP contribution in [-0.2, 0) is 0 Å². The Bertz CT molecular complexity index is 1130. The van der Waals surface area contributed by atoms with Gasteiger partial charge in [0.15, 0.2) is 0 Å². The van der Waals surface area contributed by atoms with Gasteiger partial charge in [0.2, 0.25) is 5.95 Å². The number of hydrogen-bond acceptors (Lipinski definition) is 6. The number of anilines is 3. The van der Waals surface area contributed by atoms with E-state index in [1.54, 1.807) is 6.20 Å². The highest BCUT2D eigenvalue weighted by atomic mass is 16.2. The van der Waals surface area contributed by atoms with Crippen molar-refractivity contribution in [3.05, 3.63) is 71.5 Å².